The lowest BCUT2D eigenvalue weighted by molar-refractivity contribution is -0.131. The molecule has 0 saturated heterocycles. The first kappa shape index (κ1) is 23.4. The van der Waals surface area contributed by atoms with E-state index >= 15 is 8.78 Å². The first-order valence-corrected chi connectivity index (χ1v) is 10.8. The van der Waals surface area contributed by atoms with E-state index < -0.39 is 23.4 Å². The highest BCUT2D eigenvalue weighted by Crippen LogP contribution is 2.40. The summed E-state index contributed by atoms with van der Waals surface area (Å²) in [5, 5.41) is 9.79. The van der Waals surface area contributed by atoms with E-state index in [1.54, 1.807) is 6.07 Å². The largest absolute Gasteiger partial charge is 0.478 e. The van der Waals surface area contributed by atoms with Crippen molar-refractivity contribution in [3.8, 4) is 0 Å². The van der Waals surface area contributed by atoms with Gasteiger partial charge in [-0.15, -0.1) is 0 Å². The summed E-state index contributed by atoms with van der Waals surface area (Å²) in [5.41, 5.74) is 2.22. The lowest BCUT2D eigenvalue weighted by Crippen LogP contribution is -2.03. The van der Waals surface area contributed by atoms with E-state index in [-0.39, 0.29) is 21.7 Å². The van der Waals surface area contributed by atoms with Gasteiger partial charge in [0.1, 0.15) is 17.5 Å². The SMILES string of the molecule is CC/C(=C(\c1cc2ccccc2[nH]1)c1c(F)cc(/C=C/C(=O)O)cc1F)c1ccc(F)cc1Cl. The highest BCUT2D eigenvalue weighted by atomic mass is 35.5. The lowest BCUT2D eigenvalue weighted by atomic mass is 9.89. The van der Waals surface area contributed by atoms with Gasteiger partial charge in [-0.05, 0) is 65.6 Å². The molecule has 0 fully saturated rings. The summed E-state index contributed by atoms with van der Waals surface area (Å²) in [7, 11) is 0. The van der Waals surface area contributed by atoms with Crippen LogP contribution in [0.15, 0.2) is 66.7 Å². The number of carboxylic acid groups (broad SMARTS) is 1. The van der Waals surface area contributed by atoms with Gasteiger partial charge in [0.15, 0.2) is 0 Å². The molecule has 0 bridgehead atoms. The van der Waals surface area contributed by atoms with Gasteiger partial charge in [-0.3, -0.25) is 0 Å². The van der Waals surface area contributed by atoms with Crippen molar-refractivity contribution in [3.05, 3.63) is 112 Å². The summed E-state index contributed by atoms with van der Waals surface area (Å²) in [5.74, 6) is -3.50. The Morgan fingerprint density at radius 3 is 2.35 bits per heavy atom. The number of carboxylic acids is 1. The third-order valence-corrected chi connectivity index (χ3v) is 5.76. The number of benzene rings is 3. The second-order valence-electron chi connectivity index (χ2n) is 7.63. The number of nitrogens with one attached hydrogen (secondary N) is 1. The van der Waals surface area contributed by atoms with Gasteiger partial charge in [0.05, 0.1) is 10.6 Å². The molecule has 2 N–H and O–H groups in total. The van der Waals surface area contributed by atoms with Crippen LogP contribution in [0.5, 0.6) is 0 Å². The van der Waals surface area contributed by atoms with E-state index in [4.69, 9.17) is 16.7 Å². The van der Waals surface area contributed by atoms with Gasteiger partial charge in [-0.25, -0.2) is 18.0 Å². The molecule has 0 radical (unpaired) electrons. The van der Waals surface area contributed by atoms with Crippen molar-refractivity contribution in [1.82, 2.24) is 4.98 Å². The molecule has 4 rings (SSSR count). The number of carbonyl (C=O) groups is 1. The Balaban J connectivity index is 2.04. The molecule has 0 amide bonds. The molecule has 4 aromatic rings. The van der Waals surface area contributed by atoms with Crippen molar-refractivity contribution in [3.63, 3.8) is 0 Å². The average Bonchev–Trinajstić information content (AvgIpc) is 3.21. The third kappa shape index (κ3) is 4.63. The number of allylic oxidation sites excluding steroid dienone is 1. The molecule has 1 heterocycles. The molecule has 0 atom stereocenters. The topological polar surface area (TPSA) is 53.1 Å². The van der Waals surface area contributed by atoms with Crippen molar-refractivity contribution >= 4 is 45.7 Å². The minimum Gasteiger partial charge on any atom is -0.478 e. The number of fused-ring (bicyclic) bond motifs is 1. The Morgan fingerprint density at radius 2 is 1.74 bits per heavy atom. The molecule has 34 heavy (non-hydrogen) atoms. The molecule has 1 aromatic heterocycles. The highest BCUT2D eigenvalue weighted by Gasteiger charge is 2.23. The number of para-hydroxylation sites is 1. The number of aromatic nitrogens is 1. The number of aliphatic carboxylic acids is 1. The number of H-pyrrole nitrogens is 1. The second-order valence-corrected chi connectivity index (χ2v) is 8.04. The molecule has 3 aromatic carbocycles. The van der Waals surface area contributed by atoms with Crippen LogP contribution in [0.2, 0.25) is 5.02 Å². The summed E-state index contributed by atoms with van der Waals surface area (Å²) in [4.78, 5) is 14.0. The van der Waals surface area contributed by atoms with Gasteiger partial charge in [-0.2, -0.15) is 0 Å². The maximum absolute atomic E-state index is 15.4. The Labute approximate surface area is 198 Å². The normalized spacial score (nSPS) is 12.4. The Bertz CT molecular complexity index is 1410. The van der Waals surface area contributed by atoms with Gasteiger partial charge in [-0.1, -0.05) is 42.8 Å². The average molecular weight is 482 g/mol. The van der Waals surface area contributed by atoms with Crippen LogP contribution in [-0.4, -0.2) is 16.1 Å². The van der Waals surface area contributed by atoms with Gasteiger partial charge in [0.2, 0.25) is 0 Å². The van der Waals surface area contributed by atoms with Crippen LogP contribution < -0.4 is 0 Å². The van der Waals surface area contributed by atoms with Crippen LogP contribution in [0, 0.1) is 17.5 Å². The van der Waals surface area contributed by atoms with Gasteiger partial charge >= 0.3 is 5.97 Å². The van der Waals surface area contributed by atoms with Crippen LogP contribution in [0.1, 0.15) is 35.7 Å². The zero-order valence-electron chi connectivity index (χ0n) is 18.0. The number of aromatic amines is 1. The maximum Gasteiger partial charge on any atom is 0.328 e. The molecule has 0 saturated carbocycles. The fraction of sp³-hybridized carbons (Fsp3) is 0.0741. The Morgan fingerprint density at radius 1 is 1.03 bits per heavy atom. The molecule has 0 spiro atoms. The zero-order chi connectivity index (χ0) is 24.4. The van der Waals surface area contributed by atoms with Crippen LogP contribution >= 0.6 is 11.6 Å². The summed E-state index contributed by atoms with van der Waals surface area (Å²) < 4.78 is 44.6. The molecule has 3 nitrogen and oxygen atoms in total. The van der Waals surface area contributed by atoms with E-state index in [9.17, 15) is 9.18 Å². The summed E-state index contributed by atoms with van der Waals surface area (Å²) in [6.45, 7) is 1.82. The van der Waals surface area contributed by atoms with Gasteiger partial charge < -0.3 is 10.1 Å². The molecule has 7 heteroatoms. The molecule has 0 aliphatic rings. The summed E-state index contributed by atoms with van der Waals surface area (Å²) in [6.07, 6.45) is 2.26. The molecule has 0 aliphatic heterocycles. The van der Waals surface area contributed by atoms with Crippen LogP contribution in [0.3, 0.4) is 0 Å². The van der Waals surface area contributed by atoms with Crippen LogP contribution in [0.4, 0.5) is 13.2 Å². The summed E-state index contributed by atoms with van der Waals surface area (Å²) in [6, 6.07) is 15.2. The monoisotopic (exact) mass is 481 g/mol. The quantitative estimate of drug-likeness (QED) is 0.219. The van der Waals surface area contributed by atoms with Crippen LogP contribution in [-0.2, 0) is 4.79 Å². The minimum atomic E-state index is -1.23. The second kappa shape index (κ2) is 9.61. The van der Waals surface area contributed by atoms with Gasteiger partial charge in [0, 0.05) is 28.2 Å². The van der Waals surface area contributed by atoms with E-state index in [2.05, 4.69) is 4.98 Å². The highest BCUT2D eigenvalue weighted by molar-refractivity contribution is 6.32. The standard InChI is InChI=1S/C27H19ClF3NO2/c1-2-18(19-9-8-17(29)14-20(19)28)26(24-13-16-5-3-4-6-23(16)32-24)27-21(30)11-15(12-22(27)31)7-10-25(33)34/h3-14,32H,2H2,1H3,(H,33,34)/b10-7+,26-18-. The van der Waals surface area contributed by atoms with Crippen molar-refractivity contribution in [1.29, 1.82) is 0 Å². The minimum absolute atomic E-state index is 0.0648. The lowest BCUT2D eigenvalue weighted by Gasteiger charge is -2.17. The van der Waals surface area contributed by atoms with E-state index in [0.29, 0.717) is 23.3 Å². The number of hydrogen-bond acceptors (Lipinski definition) is 1. The molecule has 172 valence electrons. The first-order chi connectivity index (χ1) is 16.3. The van der Waals surface area contributed by atoms with E-state index in [0.717, 1.165) is 41.3 Å². The number of rotatable bonds is 6. The predicted octanol–water partition coefficient (Wildman–Crippen LogP) is 7.71. The third-order valence-electron chi connectivity index (χ3n) is 5.44. The maximum atomic E-state index is 15.4. The van der Waals surface area contributed by atoms with Crippen molar-refractivity contribution in [2.45, 2.75) is 13.3 Å². The first-order valence-electron chi connectivity index (χ1n) is 10.5. The number of halogens is 4. The van der Waals surface area contributed by atoms with E-state index in [1.807, 2.05) is 31.2 Å². The predicted molar refractivity (Wildman–Crippen MR) is 129 cm³/mol. The molecule has 0 unspecified atom stereocenters. The zero-order valence-corrected chi connectivity index (χ0v) is 18.8. The van der Waals surface area contributed by atoms with E-state index in [1.165, 1.54) is 12.1 Å². The Kier molecular flexibility index (Phi) is 6.61. The van der Waals surface area contributed by atoms with Crippen LogP contribution in [0.25, 0.3) is 28.1 Å². The number of hydrogen-bond donors (Lipinski definition) is 2. The van der Waals surface area contributed by atoms with Crippen molar-refractivity contribution < 1.29 is 23.1 Å². The summed E-state index contributed by atoms with van der Waals surface area (Å²) >= 11 is 6.34. The molecular weight excluding hydrogens is 463 g/mol. The fourth-order valence-electron chi connectivity index (χ4n) is 3.99. The molecular formula is C27H19ClF3NO2. The van der Waals surface area contributed by atoms with Crippen molar-refractivity contribution in [2.75, 3.05) is 0 Å². The fourth-order valence-corrected chi connectivity index (χ4v) is 4.27. The smallest absolute Gasteiger partial charge is 0.328 e. The molecule has 0 aliphatic carbocycles. The van der Waals surface area contributed by atoms with Crippen molar-refractivity contribution in [2.24, 2.45) is 0 Å². The Hall–Kier alpha value is -3.77. The van der Waals surface area contributed by atoms with Gasteiger partial charge in [0.25, 0.3) is 0 Å².